The van der Waals surface area contributed by atoms with Crippen molar-refractivity contribution in [2.75, 3.05) is 0 Å². The third kappa shape index (κ3) is 13.4. The topological polar surface area (TPSA) is 0 Å². The molecule has 6 aromatic rings. The van der Waals surface area contributed by atoms with Crippen molar-refractivity contribution in [1.29, 1.82) is 0 Å². The third-order valence-electron chi connectivity index (χ3n) is 11.5. The summed E-state index contributed by atoms with van der Waals surface area (Å²) in [4.78, 5) is 0. The van der Waals surface area contributed by atoms with Crippen LogP contribution in [-0.4, -0.2) is 9.52 Å². The van der Waals surface area contributed by atoms with Crippen LogP contribution >= 0.6 is 17.0 Å². The van der Waals surface area contributed by atoms with Crippen molar-refractivity contribution in [1.82, 2.24) is 0 Å². The van der Waals surface area contributed by atoms with Gasteiger partial charge in [-0.3, -0.25) is 0 Å². The van der Waals surface area contributed by atoms with Crippen molar-refractivity contribution in [2.24, 2.45) is 0 Å². The Morgan fingerprint density at radius 1 is 0.467 bits per heavy atom. The molecule has 0 amide bonds. The first-order chi connectivity index (χ1) is 27.6. The second-order valence-electron chi connectivity index (χ2n) is 21.6. The number of halogens is 2. The van der Waals surface area contributed by atoms with Gasteiger partial charge in [-0.15, -0.1) is 69.1 Å². The van der Waals surface area contributed by atoms with Crippen LogP contribution in [-0.2, 0) is 42.5 Å². The van der Waals surface area contributed by atoms with E-state index in [0.29, 0.717) is 11.8 Å². The minimum absolute atomic E-state index is 0.132. The fourth-order valence-corrected chi connectivity index (χ4v) is 7.54. The van der Waals surface area contributed by atoms with Gasteiger partial charge in [0.1, 0.15) is 0 Å². The number of rotatable bonds is 4. The summed E-state index contributed by atoms with van der Waals surface area (Å²) in [7, 11) is 11.0. The van der Waals surface area contributed by atoms with Crippen molar-refractivity contribution in [3.05, 3.63) is 129 Å². The maximum atomic E-state index is 4.93. The summed E-state index contributed by atoms with van der Waals surface area (Å²) in [6, 6.07) is 33.1. The Morgan fingerprint density at radius 3 is 0.933 bits per heavy atom. The average molecular weight is 939 g/mol. The molecular formula is C56H76Cl2SiZr. The monoisotopic (exact) mass is 936 g/mol. The van der Waals surface area contributed by atoms with Crippen LogP contribution in [0.2, 0.25) is 13.1 Å². The molecule has 60 heavy (non-hydrogen) atoms. The quantitative estimate of drug-likeness (QED) is 0.122. The molecular weight excluding hydrogens is 863 g/mol. The molecule has 0 bridgehead atoms. The van der Waals surface area contributed by atoms with Crippen LogP contribution in [0.1, 0.15) is 167 Å². The first-order valence-electron chi connectivity index (χ1n) is 21.9. The Kier molecular flexibility index (Phi) is 18.2. The molecule has 6 rings (SSSR count). The van der Waals surface area contributed by atoms with Crippen LogP contribution in [0, 0.1) is 13.8 Å². The SMILES string of the molecule is C[Si]C.Cc1ccc2[cH-]c(C(C)C)cc2c1-c1cc(C(C)(C)C)cc(C(C)(C)C)c1.Cc1ccc2[cH-]c(C(C)C)cc2c1-c1cc(C(C)(C)C)cc(C(C)(C)C)c1.[Cl][Zr+2][Cl]. The molecule has 4 heteroatoms. The molecule has 0 aromatic heterocycles. The summed E-state index contributed by atoms with van der Waals surface area (Å²) in [6.07, 6.45) is 0. The standard InChI is InChI=1S/2C27H35.C2H6Si.2ClH.Zr/c2*1-17(2)20-12-19-11-10-18(3)25(24(19)15-20)21-13-22(26(4,5)6)16-23(14-21)27(7,8)9;1-3-2;;;/h2*10-17H,1-9H3;1-2H3;2*1H;/q2*-1;;;;+4/p-2. The summed E-state index contributed by atoms with van der Waals surface area (Å²) < 4.78 is 0. The second-order valence-corrected chi connectivity index (χ2v) is 26.3. The van der Waals surface area contributed by atoms with Crippen LogP contribution in [0.5, 0.6) is 0 Å². The van der Waals surface area contributed by atoms with Crippen LogP contribution in [0.4, 0.5) is 0 Å². The van der Waals surface area contributed by atoms with Crippen LogP contribution in [0.25, 0.3) is 43.8 Å². The molecule has 322 valence electrons. The van der Waals surface area contributed by atoms with Gasteiger partial charge in [-0.05, 0) is 80.7 Å². The van der Waals surface area contributed by atoms with Gasteiger partial charge >= 0.3 is 37.9 Å². The first-order valence-corrected chi connectivity index (χ1v) is 30.2. The summed E-state index contributed by atoms with van der Waals surface area (Å²) in [6.45, 7) is 45.6. The second kappa shape index (κ2) is 21.0. The molecule has 0 aliphatic heterocycles. The van der Waals surface area contributed by atoms with Crippen molar-refractivity contribution in [2.45, 2.75) is 171 Å². The molecule has 0 aliphatic carbocycles. The average Bonchev–Trinajstić information content (AvgIpc) is 3.76. The molecule has 0 N–H and O–H groups in total. The molecule has 0 saturated heterocycles. The van der Waals surface area contributed by atoms with Crippen LogP contribution in [0.3, 0.4) is 0 Å². The molecule has 0 heterocycles. The van der Waals surface area contributed by atoms with E-state index < -0.39 is 20.8 Å². The number of benzene rings is 4. The van der Waals surface area contributed by atoms with Gasteiger partial charge in [0.15, 0.2) is 0 Å². The van der Waals surface area contributed by atoms with E-state index in [0.717, 1.165) is 9.52 Å². The van der Waals surface area contributed by atoms with Gasteiger partial charge in [0.05, 0.1) is 0 Å². The third-order valence-corrected chi connectivity index (χ3v) is 11.5. The fourth-order valence-electron chi connectivity index (χ4n) is 7.54. The summed E-state index contributed by atoms with van der Waals surface area (Å²) in [5.41, 5.74) is 17.3. The van der Waals surface area contributed by atoms with E-state index in [-0.39, 0.29) is 21.7 Å². The van der Waals surface area contributed by atoms with Gasteiger partial charge in [0.25, 0.3) is 0 Å². The van der Waals surface area contributed by atoms with Crippen molar-refractivity contribution >= 4 is 48.1 Å². The van der Waals surface area contributed by atoms with E-state index in [1.807, 2.05) is 0 Å². The number of aryl methyl sites for hydroxylation is 2. The van der Waals surface area contributed by atoms with E-state index in [2.05, 4.69) is 223 Å². The zero-order valence-corrected chi connectivity index (χ0v) is 46.0. The van der Waals surface area contributed by atoms with Crippen LogP contribution in [0.15, 0.2) is 84.9 Å². The number of hydrogen-bond acceptors (Lipinski definition) is 0. The van der Waals surface area contributed by atoms with E-state index in [4.69, 9.17) is 17.0 Å². The van der Waals surface area contributed by atoms with E-state index in [9.17, 15) is 0 Å². The van der Waals surface area contributed by atoms with Gasteiger partial charge in [0.2, 0.25) is 0 Å². The van der Waals surface area contributed by atoms with Crippen molar-refractivity contribution in [3.8, 4) is 22.3 Å². The molecule has 0 atom stereocenters. The molecule has 0 unspecified atom stereocenters. The molecule has 0 saturated carbocycles. The Labute approximate surface area is 388 Å². The molecule has 0 aliphatic rings. The Hall–Kier alpha value is -2.22. The summed E-state index contributed by atoms with van der Waals surface area (Å²) in [5, 5.41) is 5.50. The predicted molar refractivity (Wildman–Crippen MR) is 272 cm³/mol. The van der Waals surface area contributed by atoms with Crippen molar-refractivity contribution in [3.63, 3.8) is 0 Å². The maximum absolute atomic E-state index is 4.93. The van der Waals surface area contributed by atoms with E-state index >= 15 is 0 Å². The molecule has 0 fully saturated rings. The van der Waals surface area contributed by atoms with Gasteiger partial charge in [0, 0.05) is 9.52 Å². The van der Waals surface area contributed by atoms with E-state index in [1.54, 1.807) is 0 Å². The van der Waals surface area contributed by atoms with Crippen LogP contribution < -0.4 is 0 Å². The Bertz CT molecular complexity index is 2090. The zero-order chi connectivity index (χ0) is 45.7. The number of hydrogen-bond donors (Lipinski definition) is 0. The van der Waals surface area contributed by atoms with Gasteiger partial charge < -0.3 is 0 Å². The van der Waals surface area contributed by atoms with Gasteiger partial charge in [-0.2, -0.15) is 12.1 Å². The molecule has 0 spiro atoms. The van der Waals surface area contributed by atoms with Crippen molar-refractivity contribution < 1.29 is 20.8 Å². The minimum atomic E-state index is -0.826. The zero-order valence-electron chi connectivity index (χ0n) is 41.0. The molecule has 0 nitrogen and oxygen atoms in total. The number of fused-ring (bicyclic) bond motifs is 2. The Morgan fingerprint density at radius 2 is 0.717 bits per heavy atom. The fraction of sp³-hybridized carbons (Fsp3) is 0.464. The van der Waals surface area contributed by atoms with Gasteiger partial charge in [-0.1, -0.05) is 183 Å². The van der Waals surface area contributed by atoms with Gasteiger partial charge in [-0.25, -0.2) is 0 Å². The normalized spacial score (nSPS) is 12.1. The summed E-state index contributed by atoms with van der Waals surface area (Å²) in [5.74, 6) is 1.10. The predicted octanol–water partition coefficient (Wildman–Crippen LogP) is 18.7. The first kappa shape index (κ1) is 52.1. The molecule has 2 radical (unpaired) electrons. The van der Waals surface area contributed by atoms with E-state index in [1.165, 1.54) is 88.3 Å². The Balaban J connectivity index is 0.000000283. The molecule has 6 aromatic carbocycles. The summed E-state index contributed by atoms with van der Waals surface area (Å²) >= 11 is -0.826.